The number of thioether (sulfide) groups is 1. The van der Waals surface area contributed by atoms with Gasteiger partial charge < -0.3 is 15.0 Å². The van der Waals surface area contributed by atoms with Crippen molar-refractivity contribution in [1.29, 1.82) is 0 Å². The molecule has 0 aliphatic heterocycles. The lowest BCUT2D eigenvalue weighted by Gasteiger charge is -2.19. The van der Waals surface area contributed by atoms with Gasteiger partial charge in [-0.2, -0.15) is 4.31 Å². The average molecular weight is 463 g/mol. The first-order valence-corrected chi connectivity index (χ1v) is 12.3. The van der Waals surface area contributed by atoms with Gasteiger partial charge in [0.1, 0.15) is 5.75 Å². The Balaban J connectivity index is 1.70. The van der Waals surface area contributed by atoms with Gasteiger partial charge >= 0.3 is 0 Å². The molecule has 0 bridgehead atoms. The maximum absolute atomic E-state index is 12.8. The van der Waals surface area contributed by atoms with Gasteiger partial charge in [0.05, 0.1) is 28.8 Å². The molecule has 3 aromatic rings. The van der Waals surface area contributed by atoms with Gasteiger partial charge in [-0.25, -0.2) is 13.4 Å². The van der Waals surface area contributed by atoms with Crippen molar-refractivity contribution in [2.45, 2.75) is 30.8 Å². The summed E-state index contributed by atoms with van der Waals surface area (Å²) < 4.78 is 32.1. The molecule has 0 fully saturated rings. The molecule has 0 aliphatic rings. The molecule has 0 unspecified atom stereocenters. The number of nitrogens with one attached hydrogen (secondary N) is 2. The third-order valence-corrected chi connectivity index (χ3v) is 7.75. The molecule has 2 N–H and O–H groups in total. The van der Waals surface area contributed by atoms with Gasteiger partial charge in [0, 0.05) is 24.8 Å². The molecule has 1 heterocycles. The molecule has 3 rings (SSSR count). The standard InChI is InChI=1S/C21H26N4O4S2/c1-5-25(6-2)31(27,28)16-9-7-14(3)18(12-16)22-20(26)13-30-21-23-17-10-8-15(29-4)11-19(17)24-21/h7-12H,5-6,13H2,1-4H3,(H,22,26)(H,23,24). The number of imidazole rings is 1. The molecule has 0 aliphatic carbocycles. The van der Waals surface area contributed by atoms with E-state index in [2.05, 4.69) is 15.3 Å². The summed E-state index contributed by atoms with van der Waals surface area (Å²) in [5.74, 6) is 0.604. The molecule has 2 aromatic carbocycles. The molecule has 8 nitrogen and oxygen atoms in total. The zero-order chi connectivity index (χ0) is 22.6. The Kier molecular flexibility index (Phi) is 7.24. The predicted octanol–water partition coefficient (Wildman–Crippen LogP) is 3.64. The molecule has 0 spiro atoms. The SMILES string of the molecule is CCN(CC)S(=O)(=O)c1ccc(C)c(NC(=O)CSc2nc3ccc(OC)cc3[nH]2)c1. The Morgan fingerprint density at radius 1 is 1.19 bits per heavy atom. The predicted molar refractivity (Wildman–Crippen MR) is 123 cm³/mol. The number of sulfonamides is 1. The number of aromatic nitrogens is 2. The quantitative estimate of drug-likeness (QED) is 0.471. The van der Waals surface area contributed by atoms with Crippen LogP contribution < -0.4 is 10.1 Å². The molecule has 1 amide bonds. The van der Waals surface area contributed by atoms with Crippen molar-refractivity contribution in [2.75, 3.05) is 31.3 Å². The molecular weight excluding hydrogens is 436 g/mol. The molecule has 166 valence electrons. The van der Waals surface area contributed by atoms with E-state index in [4.69, 9.17) is 4.74 Å². The first-order chi connectivity index (χ1) is 14.8. The topological polar surface area (TPSA) is 104 Å². The van der Waals surface area contributed by atoms with E-state index in [-0.39, 0.29) is 16.6 Å². The Hall–Kier alpha value is -2.56. The number of rotatable bonds is 9. The lowest BCUT2D eigenvalue weighted by Crippen LogP contribution is -2.30. The number of amides is 1. The first kappa shape index (κ1) is 23.1. The minimum absolute atomic E-state index is 0.128. The van der Waals surface area contributed by atoms with Gasteiger partial charge in [-0.3, -0.25) is 4.79 Å². The largest absolute Gasteiger partial charge is 0.497 e. The fourth-order valence-corrected chi connectivity index (χ4v) is 5.26. The summed E-state index contributed by atoms with van der Waals surface area (Å²) in [6.07, 6.45) is 0. The Morgan fingerprint density at radius 3 is 2.61 bits per heavy atom. The van der Waals surface area contributed by atoms with Crippen LogP contribution in [0, 0.1) is 6.92 Å². The number of benzene rings is 2. The normalized spacial score (nSPS) is 11.8. The number of carbonyl (C=O) groups excluding carboxylic acids is 1. The van der Waals surface area contributed by atoms with Crippen molar-refractivity contribution in [1.82, 2.24) is 14.3 Å². The first-order valence-electron chi connectivity index (χ1n) is 9.85. The number of methoxy groups -OCH3 is 1. The fourth-order valence-electron chi connectivity index (χ4n) is 3.09. The van der Waals surface area contributed by atoms with E-state index >= 15 is 0 Å². The van der Waals surface area contributed by atoms with Crippen LogP contribution in [0.5, 0.6) is 5.75 Å². The van der Waals surface area contributed by atoms with Gasteiger partial charge in [-0.05, 0) is 36.8 Å². The smallest absolute Gasteiger partial charge is 0.243 e. The molecule has 0 saturated heterocycles. The maximum atomic E-state index is 12.8. The summed E-state index contributed by atoms with van der Waals surface area (Å²) in [5, 5.41) is 3.43. The number of carbonyl (C=O) groups is 1. The molecule has 0 atom stereocenters. The number of aryl methyl sites for hydroxylation is 1. The highest BCUT2D eigenvalue weighted by Gasteiger charge is 2.22. The van der Waals surface area contributed by atoms with E-state index in [9.17, 15) is 13.2 Å². The van der Waals surface area contributed by atoms with Crippen LogP contribution in [0.4, 0.5) is 5.69 Å². The lowest BCUT2D eigenvalue weighted by molar-refractivity contribution is -0.113. The summed E-state index contributed by atoms with van der Waals surface area (Å²) >= 11 is 1.27. The maximum Gasteiger partial charge on any atom is 0.243 e. The lowest BCUT2D eigenvalue weighted by atomic mass is 10.2. The van der Waals surface area contributed by atoms with E-state index in [1.165, 1.54) is 22.1 Å². The van der Waals surface area contributed by atoms with Gasteiger partial charge in [0.25, 0.3) is 0 Å². The number of hydrogen-bond acceptors (Lipinski definition) is 6. The summed E-state index contributed by atoms with van der Waals surface area (Å²) in [4.78, 5) is 20.3. The van der Waals surface area contributed by atoms with Crippen molar-refractivity contribution in [3.05, 3.63) is 42.0 Å². The zero-order valence-corrected chi connectivity index (χ0v) is 19.6. The Labute approximate surface area is 186 Å². The van der Waals surface area contributed by atoms with E-state index < -0.39 is 10.0 Å². The summed E-state index contributed by atoms with van der Waals surface area (Å²) in [5.41, 5.74) is 2.88. The van der Waals surface area contributed by atoms with Crippen LogP contribution in [0.15, 0.2) is 46.5 Å². The van der Waals surface area contributed by atoms with E-state index in [1.807, 2.05) is 25.1 Å². The molecule has 0 radical (unpaired) electrons. The van der Waals surface area contributed by atoms with Crippen molar-refractivity contribution >= 4 is 44.4 Å². The van der Waals surface area contributed by atoms with Crippen LogP contribution in [0.1, 0.15) is 19.4 Å². The molecular formula is C21H26N4O4S2. The van der Waals surface area contributed by atoms with Gasteiger partial charge in [-0.15, -0.1) is 0 Å². The van der Waals surface area contributed by atoms with Crippen LogP contribution in [0.3, 0.4) is 0 Å². The van der Waals surface area contributed by atoms with Gasteiger partial charge in [-0.1, -0.05) is 31.7 Å². The second-order valence-electron chi connectivity index (χ2n) is 6.83. The van der Waals surface area contributed by atoms with Crippen molar-refractivity contribution in [3.8, 4) is 5.75 Å². The van der Waals surface area contributed by atoms with Gasteiger partial charge in [0.2, 0.25) is 15.9 Å². The third kappa shape index (κ3) is 5.20. The highest BCUT2D eigenvalue weighted by atomic mass is 32.2. The molecule has 0 saturated carbocycles. The second kappa shape index (κ2) is 9.71. The zero-order valence-electron chi connectivity index (χ0n) is 17.9. The van der Waals surface area contributed by atoms with Crippen LogP contribution in [-0.2, 0) is 14.8 Å². The average Bonchev–Trinajstić information content (AvgIpc) is 3.16. The molecule has 1 aromatic heterocycles. The Bertz CT molecular complexity index is 1190. The highest BCUT2D eigenvalue weighted by Crippen LogP contribution is 2.25. The fraction of sp³-hybridized carbons (Fsp3) is 0.333. The van der Waals surface area contributed by atoms with Crippen LogP contribution in [0.25, 0.3) is 11.0 Å². The van der Waals surface area contributed by atoms with E-state index in [0.717, 1.165) is 22.3 Å². The number of anilines is 1. The number of H-pyrrole nitrogens is 1. The minimum Gasteiger partial charge on any atom is -0.497 e. The van der Waals surface area contributed by atoms with E-state index in [0.29, 0.717) is 23.9 Å². The summed E-state index contributed by atoms with van der Waals surface area (Å²) in [6, 6.07) is 10.3. The number of fused-ring (bicyclic) bond motifs is 1. The summed E-state index contributed by atoms with van der Waals surface area (Å²) in [7, 11) is -2.00. The van der Waals surface area contributed by atoms with Crippen molar-refractivity contribution < 1.29 is 17.9 Å². The van der Waals surface area contributed by atoms with Gasteiger partial charge in [0.15, 0.2) is 5.16 Å². The number of hydrogen-bond donors (Lipinski definition) is 2. The van der Waals surface area contributed by atoms with Crippen LogP contribution in [0.2, 0.25) is 0 Å². The monoisotopic (exact) mass is 462 g/mol. The minimum atomic E-state index is -3.60. The van der Waals surface area contributed by atoms with Crippen LogP contribution in [-0.4, -0.2) is 54.6 Å². The number of aromatic amines is 1. The Morgan fingerprint density at radius 2 is 1.94 bits per heavy atom. The van der Waals surface area contributed by atoms with Crippen molar-refractivity contribution in [3.63, 3.8) is 0 Å². The third-order valence-electron chi connectivity index (χ3n) is 4.83. The van der Waals surface area contributed by atoms with Crippen molar-refractivity contribution in [2.24, 2.45) is 0 Å². The van der Waals surface area contributed by atoms with E-state index in [1.54, 1.807) is 33.1 Å². The summed E-state index contributed by atoms with van der Waals surface area (Å²) in [6.45, 7) is 6.18. The highest BCUT2D eigenvalue weighted by molar-refractivity contribution is 7.99. The number of ether oxygens (including phenoxy) is 1. The molecule has 31 heavy (non-hydrogen) atoms. The molecule has 10 heteroatoms. The van der Waals surface area contributed by atoms with Crippen LogP contribution >= 0.6 is 11.8 Å². The number of nitrogens with zero attached hydrogens (tertiary/aromatic N) is 2. The second-order valence-corrected chi connectivity index (χ2v) is 9.73.